The average Bonchev–Trinajstić information content (AvgIpc) is 2.67. The van der Waals surface area contributed by atoms with Crippen molar-refractivity contribution in [1.29, 1.82) is 0 Å². The van der Waals surface area contributed by atoms with Gasteiger partial charge in [-0.05, 0) is 32.1 Å². The van der Waals surface area contributed by atoms with Gasteiger partial charge in [-0.2, -0.15) is 11.8 Å². The number of hydrogen-bond donors (Lipinski definition) is 2. The van der Waals surface area contributed by atoms with E-state index >= 15 is 0 Å². The summed E-state index contributed by atoms with van der Waals surface area (Å²) < 4.78 is 0. The SMILES string of the molecule is CCC(SC)C(=O)Nc1ncnc2[nH]c(C)c(C)c12. The van der Waals surface area contributed by atoms with Crippen LogP contribution in [-0.2, 0) is 4.79 Å². The molecule has 2 aromatic rings. The molecule has 0 fully saturated rings. The summed E-state index contributed by atoms with van der Waals surface area (Å²) in [7, 11) is 0. The topological polar surface area (TPSA) is 70.7 Å². The average molecular weight is 278 g/mol. The third kappa shape index (κ3) is 2.58. The van der Waals surface area contributed by atoms with Crippen LogP contribution in [0.4, 0.5) is 5.82 Å². The van der Waals surface area contributed by atoms with Crippen LogP contribution in [0.3, 0.4) is 0 Å². The number of carbonyl (C=O) groups excluding carboxylic acids is 1. The number of fused-ring (bicyclic) bond motifs is 1. The molecule has 2 heterocycles. The van der Waals surface area contributed by atoms with Gasteiger partial charge in [0.05, 0.1) is 10.6 Å². The quantitative estimate of drug-likeness (QED) is 0.902. The Balaban J connectivity index is 2.38. The number of aromatic nitrogens is 3. The molecule has 0 saturated heterocycles. The van der Waals surface area contributed by atoms with Gasteiger partial charge in [-0.3, -0.25) is 4.79 Å². The molecule has 0 bridgehead atoms. The Morgan fingerprint density at radius 2 is 2.21 bits per heavy atom. The highest BCUT2D eigenvalue weighted by molar-refractivity contribution is 7.99. The predicted molar refractivity (Wildman–Crippen MR) is 79.6 cm³/mol. The molecule has 2 aromatic heterocycles. The highest BCUT2D eigenvalue weighted by Crippen LogP contribution is 2.26. The van der Waals surface area contributed by atoms with Gasteiger partial charge in [-0.15, -0.1) is 0 Å². The van der Waals surface area contributed by atoms with Gasteiger partial charge in [0.15, 0.2) is 0 Å². The maximum absolute atomic E-state index is 12.1. The second kappa shape index (κ2) is 5.61. The Morgan fingerprint density at radius 3 is 2.84 bits per heavy atom. The maximum Gasteiger partial charge on any atom is 0.238 e. The highest BCUT2D eigenvalue weighted by Gasteiger charge is 2.18. The van der Waals surface area contributed by atoms with Crippen molar-refractivity contribution < 1.29 is 4.79 Å². The molecule has 2 N–H and O–H groups in total. The van der Waals surface area contributed by atoms with Crippen molar-refractivity contribution in [1.82, 2.24) is 15.0 Å². The number of amides is 1. The fourth-order valence-electron chi connectivity index (χ4n) is 2.05. The first-order valence-electron chi connectivity index (χ1n) is 6.22. The van der Waals surface area contributed by atoms with Crippen molar-refractivity contribution in [3.05, 3.63) is 17.6 Å². The van der Waals surface area contributed by atoms with Crippen molar-refractivity contribution in [2.75, 3.05) is 11.6 Å². The number of anilines is 1. The number of carbonyl (C=O) groups is 1. The first kappa shape index (κ1) is 13.9. The molecule has 6 heteroatoms. The van der Waals surface area contributed by atoms with Crippen LogP contribution in [0.25, 0.3) is 11.0 Å². The van der Waals surface area contributed by atoms with Gasteiger partial charge in [0.1, 0.15) is 17.8 Å². The zero-order valence-corrected chi connectivity index (χ0v) is 12.4. The molecule has 19 heavy (non-hydrogen) atoms. The number of nitrogens with one attached hydrogen (secondary N) is 2. The minimum atomic E-state index is -0.0506. The number of rotatable bonds is 4. The van der Waals surface area contributed by atoms with Crippen LogP contribution in [-0.4, -0.2) is 32.4 Å². The number of thioether (sulfide) groups is 1. The van der Waals surface area contributed by atoms with E-state index in [1.54, 1.807) is 11.8 Å². The summed E-state index contributed by atoms with van der Waals surface area (Å²) in [6.45, 7) is 5.99. The van der Waals surface area contributed by atoms with E-state index in [2.05, 4.69) is 20.3 Å². The highest BCUT2D eigenvalue weighted by atomic mass is 32.2. The van der Waals surface area contributed by atoms with E-state index in [1.165, 1.54) is 6.33 Å². The number of H-pyrrole nitrogens is 1. The summed E-state index contributed by atoms with van der Waals surface area (Å²) in [5.74, 6) is 0.581. The molecular formula is C13H18N4OS. The van der Waals surface area contributed by atoms with Gasteiger partial charge in [-0.1, -0.05) is 6.92 Å². The third-order valence-corrected chi connectivity index (χ3v) is 4.40. The predicted octanol–water partition coefficient (Wildman–Crippen LogP) is 2.65. The Morgan fingerprint density at radius 1 is 1.47 bits per heavy atom. The monoisotopic (exact) mass is 278 g/mol. The van der Waals surface area contributed by atoms with Crippen molar-refractivity contribution >= 4 is 34.5 Å². The molecule has 0 aliphatic heterocycles. The van der Waals surface area contributed by atoms with E-state index in [4.69, 9.17) is 0 Å². The summed E-state index contributed by atoms with van der Waals surface area (Å²) in [5.41, 5.74) is 2.88. The first-order chi connectivity index (χ1) is 9.08. The van der Waals surface area contributed by atoms with Crippen LogP contribution in [0.5, 0.6) is 0 Å². The largest absolute Gasteiger partial charge is 0.343 e. The number of aromatic amines is 1. The van der Waals surface area contributed by atoms with Gasteiger partial charge in [0.2, 0.25) is 5.91 Å². The first-order valence-corrected chi connectivity index (χ1v) is 7.50. The molecule has 1 unspecified atom stereocenters. The minimum Gasteiger partial charge on any atom is -0.343 e. The summed E-state index contributed by atoms with van der Waals surface area (Å²) in [6, 6.07) is 0. The fourth-order valence-corrected chi connectivity index (χ4v) is 2.65. The minimum absolute atomic E-state index is 0.00625. The van der Waals surface area contributed by atoms with Crippen molar-refractivity contribution in [2.45, 2.75) is 32.4 Å². The Kier molecular flexibility index (Phi) is 4.09. The van der Waals surface area contributed by atoms with Crippen LogP contribution >= 0.6 is 11.8 Å². The summed E-state index contributed by atoms with van der Waals surface area (Å²) in [6.07, 6.45) is 4.20. The molecule has 102 valence electrons. The lowest BCUT2D eigenvalue weighted by molar-refractivity contribution is -0.115. The van der Waals surface area contributed by atoms with Crippen LogP contribution in [0.1, 0.15) is 24.6 Å². The second-order valence-corrected chi connectivity index (χ2v) is 5.48. The normalized spacial score (nSPS) is 12.6. The van der Waals surface area contributed by atoms with Crippen LogP contribution in [0.15, 0.2) is 6.33 Å². The standard InChI is InChI=1S/C13H18N4OS/c1-5-9(19-4)13(18)17-12-10-7(2)8(3)16-11(10)14-6-15-12/h6,9H,5H2,1-4H3,(H2,14,15,16,17,18). The number of nitrogens with zero attached hydrogens (tertiary/aromatic N) is 2. The van der Waals surface area contributed by atoms with E-state index in [0.717, 1.165) is 28.7 Å². The van der Waals surface area contributed by atoms with Gasteiger partial charge >= 0.3 is 0 Å². The van der Waals surface area contributed by atoms with E-state index in [1.807, 2.05) is 27.0 Å². The number of aryl methyl sites for hydroxylation is 2. The van der Waals surface area contributed by atoms with Crippen molar-refractivity contribution in [2.24, 2.45) is 0 Å². The number of hydrogen-bond acceptors (Lipinski definition) is 4. The van der Waals surface area contributed by atoms with Crippen molar-refractivity contribution in [3.63, 3.8) is 0 Å². The second-order valence-electron chi connectivity index (χ2n) is 4.44. The van der Waals surface area contributed by atoms with Crippen LogP contribution in [0, 0.1) is 13.8 Å². The van der Waals surface area contributed by atoms with Crippen molar-refractivity contribution in [3.8, 4) is 0 Å². The molecule has 1 atom stereocenters. The van der Waals surface area contributed by atoms with Gasteiger partial charge in [0.25, 0.3) is 0 Å². The summed E-state index contributed by atoms with van der Waals surface area (Å²) in [5, 5.41) is 3.75. The van der Waals surface area contributed by atoms with E-state index in [9.17, 15) is 4.79 Å². The molecule has 0 spiro atoms. The smallest absolute Gasteiger partial charge is 0.238 e. The van der Waals surface area contributed by atoms with Crippen LogP contribution in [0.2, 0.25) is 0 Å². The Labute approximate surface area is 116 Å². The van der Waals surface area contributed by atoms with E-state index in [-0.39, 0.29) is 11.2 Å². The molecule has 0 aliphatic rings. The molecule has 5 nitrogen and oxygen atoms in total. The lowest BCUT2D eigenvalue weighted by Gasteiger charge is -2.12. The molecular weight excluding hydrogens is 260 g/mol. The molecule has 0 aliphatic carbocycles. The zero-order chi connectivity index (χ0) is 14.0. The lowest BCUT2D eigenvalue weighted by atomic mass is 10.2. The van der Waals surface area contributed by atoms with Gasteiger partial charge in [-0.25, -0.2) is 9.97 Å². The third-order valence-electron chi connectivity index (χ3n) is 3.28. The Hall–Kier alpha value is -1.56. The zero-order valence-electron chi connectivity index (χ0n) is 11.6. The van der Waals surface area contributed by atoms with Gasteiger partial charge in [0, 0.05) is 5.69 Å². The fraction of sp³-hybridized carbons (Fsp3) is 0.462. The maximum atomic E-state index is 12.1. The lowest BCUT2D eigenvalue weighted by Crippen LogP contribution is -2.24. The summed E-state index contributed by atoms with van der Waals surface area (Å²) in [4.78, 5) is 23.7. The molecule has 1 amide bonds. The Bertz CT molecular complexity index is 604. The summed E-state index contributed by atoms with van der Waals surface area (Å²) >= 11 is 1.55. The van der Waals surface area contributed by atoms with Gasteiger partial charge < -0.3 is 10.3 Å². The molecule has 0 aromatic carbocycles. The van der Waals surface area contributed by atoms with E-state index < -0.39 is 0 Å². The molecule has 0 radical (unpaired) electrons. The molecule has 2 rings (SSSR count). The van der Waals surface area contributed by atoms with E-state index in [0.29, 0.717) is 5.82 Å². The molecule has 0 saturated carbocycles. The van der Waals surface area contributed by atoms with Crippen LogP contribution < -0.4 is 5.32 Å².